The fourth-order valence-corrected chi connectivity index (χ4v) is 2.34. The van der Waals surface area contributed by atoms with E-state index in [1.807, 2.05) is 55.5 Å². The summed E-state index contributed by atoms with van der Waals surface area (Å²) >= 11 is 0. The molecule has 3 heteroatoms. The molecule has 2 aromatic rings. The molecule has 0 aromatic heterocycles. The Morgan fingerprint density at radius 3 is 2.56 bits per heavy atom. The number of nitrogens with two attached hydrogens (primary N) is 1. The number of nitrogens with zero attached hydrogens (tertiary/aromatic N) is 1. The summed E-state index contributed by atoms with van der Waals surface area (Å²) in [6, 6.07) is 15.0. The van der Waals surface area contributed by atoms with E-state index in [4.69, 9.17) is 5.73 Å². The van der Waals surface area contributed by atoms with Crippen LogP contribution in [-0.2, 0) is 4.79 Å². The van der Waals surface area contributed by atoms with Gasteiger partial charge >= 0.3 is 0 Å². The molecule has 0 spiro atoms. The molecule has 0 bridgehead atoms. The SMILES string of the molecule is Cc1ccc2c(c1)N(c1ccccc1)C(=O)C2N. The lowest BCUT2D eigenvalue weighted by Gasteiger charge is -2.17. The van der Waals surface area contributed by atoms with Crippen LogP contribution in [0.5, 0.6) is 0 Å². The van der Waals surface area contributed by atoms with Crippen LogP contribution in [0.4, 0.5) is 11.4 Å². The zero-order chi connectivity index (χ0) is 12.7. The van der Waals surface area contributed by atoms with Gasteiger partial charge in [-0.15, -0.1) is 0 Å². The van der Waals surface area contributed by atoms with E-state index >= 15 is 0 Å². The van der Waals surface area contributed by atoms with Crippen molar-refractivity contribution in [2.24, 2.45) is 5.73 Å². The van der Waals surface area contributed by atoms with E-state index in [0.29, 0.717) is 0 Å². The summed E-state index contributed by atoms with van der Waals surface area (Å²) < 4.78 is 0. The van der Waals surface area contributed by atoms with Crippen molar-refractivity contribution in [3.8, 4) is 0 Å². The number of hydrogen-bond donors (Lipinski definition) is 1. The number of anilines is 2. The highest BCUT2D eigenvalue weighted by molar-refractivity contribution is 6.09. The summed E-state index contributed by atoms with van der Waals surface area (Å²) in [4.78, 5) is 14.0. The minimum Gasteiger partial charge on any atom is -0.316 e. The van der Waals surface area contributed by atoms with Crippen molar-refractivity contribution in [3.05, 3.63) is 59.7 Å². The molecule has 90 valence electrons. The Hall–Kier alpha value is -2.13. The predicted molar refractivity (Wildman–Crippen MR) is 71.7 cm³/mol. The zero-order valence-electron chi connectivity index (χ0n) is 10.1. The first-order chi connectivity index (χ1) is 8.68. The molecule has 18 heavy (non-hydrogen) atoms. The summed E-state index contributed by atoms with van der Waals surface area (Å²) in [5, 5.41) is 0. The Bertz CT molecular complexity index is 607. The standard InChI is InChI=1S/C15H14N2O/c1-10-7-8-12-13(9-10)17(15(18)14(12)16)11-5-3-2-4-6-11/h2-9,14H,16H2,1H3. The van der Waals surface area contributed by atoms with Crippen molar-refractivity contribution in [1.29, 1.82) is 0 Å². The van der Waals surface area contributed by atoms with Crippen LogP contribution < -0.4 is 10.6 Å². The zero-order valence-corrected chi connectivity index (χ0v) is 10.1. The molecule has 1 unspecified atom stereocenters. The van der Waals surface area contributed by atoms with Crippen molar-refractivity contribution in [2.75, 3.05) is 4.90 Å². The monoisotopic (exact) mass is 238 g/mol. The smallest absolute Gasteiger partial charge is 0.253 e. The fraction of sp³-hybridized carbons (Fsp3) is 0.133. The second-order valence-corrected chi connectivity index (χ2v) is 4.55. The summed E-state index contributed by atoms with van der Waals surface area (Å²) in [5.74, 6) is -0.0678. The van der Waals surface area contributed by atoms with E-state index in [-0.39, 0.29) is 5.91 Å². The highest BCUT2D eigenvalue weighted by Gasteiger charge is 2.35. The van der Waals surface area contributed by atoms with Gasteiger partial charge in [0.05, 0.1) is 5.69 Å². The molecule has 0 radical (unpaired) electrons. The van der Waals surface area contributed by atoms with Crippen molar-refractivity contribution in [1.82, 2.24) is 0 Å². The van der Waals surface area contributed by atoms with E-state index in [1.165, 1.54) is 0 Å². The lowest BCUT2D eigenvalue weighted by Crippen LogP contribution is -2.27. The van der Waals surface area contributed by atoms with Gasteiger partial charge in [0.2, 0.25) is 0 Å². The van der Waals surface area contributed by atoms with Crippen molar-refractivity contribution < 1.29 is 4.79 Å². The second kappa shape index (κ2) is 3.96. The number of amides is 1. The lowest BCUT2D eigenvalue weighted by atomic mass is 10.1. The molecule has 0 saturated carbocycles. The minimum atomic E-state index is -0.555. The van der Waals surface area contributed by atoms with Gasteiger partial charge in [-0.3, -0.25) is 9.69 Å². The molecule has 0 aliphatic carbocycles. The molecular weight excluding hydrogens is 224 g/mol. The van der Waals surface area contributed by atoms with Crippen molar-refractivity contribution in [2.45, 2.75) is 13.0 Å². The van der Waals surface area contributed by atoms with Gasteiger partial charge in [0.25, 0.3) is 5.91 Å². The second-order valence-electron chi connectivity index (χ2n) is 4.55. The van der Waals surface area contributed by atoms with Gasteiger partial charge in [-0.2, -0.15) is 0 Å². The predicted octanol–water partition coefficient (Wildman–Crippen LogP) is 2.67. The number of carbonyl (C=O) groups excluding carboxylic acids is 1. The fourth-order valence-electron chi connectivity index (χ4n) is 2.34. The number of aryl methyl sites for hydroxylation is 1. The average molecular weight is 238 g/mol. The number of para-hydroxylation sites is 1. The van der Waals surface area contributed by atoms with Crippen LogP contribution in [0.15, 0.2) is 48.5 Å². The molecule has 1 aliphatic heterocycles. The number of benzene rings is 2. The Morgan fingerprint density at radius 1 is 1.11 bits per heavy atom. The maximum atomic E-state index is 12.3. The van der Waals surface area contributed by atoms with E-state index in [2.05, 4.69) is 0 Å². The van der Waals surface area contributed by atoms with Crippen LogP contribution in [-0.4, -0.2) is 5.91 Å². The molecule has 3 nitrogen and oxygen atoms in total. The topological polar surface area (TPSA) is 46.3 Å². The summed E-state index contributed by atoms with van der Waals surface area (Å²) in [7, 11) is 0. The minimum absolute atomic E-state index is 0.0678. The largest absolute Gasteiger partial charge is 0.316 e. The van der Waals surface area contributed by atoms with Crippen molar-refractivity contribution >= 4 is 17.3 Å². The molecule has 1 aliphatic rings. The van der Waals surface area contributed by atoms with E-state index in [1.54, 1.807) is 4.90 Å². The first-order valence-electron chi connectivity index (χ1n) is 5.93. The number of fused-ring (bicyclic) bond motifs is 1. The van der Waals surface area contributed by atoms with E-state index in [9.17, 15) is 4.79 Å². The molecule has 1 heterocycles. The molecule has 1 amide bonds. The molecule has 1 atom stereocenters. The van der Waals surface area contributed by atoms with Crippen molar-refractivity contribution in [3.63, 3.8) is 0 Å². The number of hydrogen-bond acceptors (Lipinski definition) is 2. The van der Waals surface area contributed by atoms with Crippen LogP contribution in [0.25, 0.3) is 0 Å². The Balaban J connectivity index is 2.18. The van der Waals surface area contributed by atoms with Gasteiger partial charge in [-0.25, -0.2) is 0 Å². The Morgan fingerprint density at radius 2 is 1.83 bits per heavy atom. The Kier molecular flexibility index (Phi) is 2.42. The average Bonchev–Trinajstić information content (AvgIpc) is 2.63. The molecule has 2 N–H and O–H groups in total. The molecular formula is C15H14N2O. The van der Waals surface area contributed by atoms with Crippen LogP contribution in [0.2, 0.25) is 0 Å². The van der Waals surface area contributed by atoms with Crippen LogP contribution in [0.1, 0.15) is 17.2 Å². The van der Waals surface area contributed by atoms with E-state index < -0.39 is 6.04 Å². The molecule has 3 rings (SSSR count). The summed E-state index contributed by atoms with van der Waals surface area (Å²) in [6.07, 6.45) is 0. The molecule has 0 fully saturated rings. The highest BCUT2D eigenvalue weighted by Crippen LogP contribution is 2.39. The van der Waals surface area contributed by atoms with Crippen LogP contribution >= 0.6 is 0 Å². The van der Waals surface area contributed by atoms with Gasteiger partial charge < -0.3 is 5.73 Å². The maximum absolute atomic E-state index is 12.3. The highest BCUT2D eigenvalue weighted by atomic mass is 16.2. The lowest BCUT2D eigenvalue weighted by molar-refractivity contribution is -0.118. The molecule has 0 saturated heterocycles. The summed E-state index contributed by atoms with van der Waals surface area (Å²) in [6.45, 7) is 2.01. The quantitative estimate of drug-likeness (QED) is 0.830. The normalized spacial score (nSPS) is 18.0. The van der Waals surface area contributed by atoms with Crippen LogP contribution in [0.3, 0.4) is 0 Å². The van der Waals surface area contributed by atoms with E-state index in [0.717, 1.165) is 22.5 Å². The van der Waals surface area contributed by atoms with Gasteiger partial charge in [-0.1, -0.05) is 30.3 Å². The maximum Gasteiger partial charge on any atom is 0.253 e. The van der Waals surface area contributed by atoms with Gasteiger partial charge in [0.15, 0.2) is 0 Å². The number of carbonyl (C=O) groups is 1. The van der Waals surface area contributed by atoms with Gasteiger partial charge in [-0.05, 0) is 30.7 Å². The van der Waals surface area contributed by atoms with Crippen LogP contribution in [0, 0.1) is 6.92 Å². The summed E-state index contributed by atoms with van der Waals surface area (Å²) in [5.41, 5.74) is 9.76. The third-order valence-corrected chi connectivity index (χ3v) is 3.26. The van der Waals surface area contributed by atoms with Gasteiger partial charge in [0, 0.05) is 11.3 Å². The van der Waals surface area contributed by atoms with Gasteiger partial charge in [0.1, 0.15) is 6.04 Å². The number of rotatable bonds is 1. The first-order valence-corrected chi connectivity index (χ1v) is 5.93. The Labute approximate surface area is 106 Å². The molecule has 2 aromatic carbocycles. The third-order valence-electron chi connectivity index (χ3n) is 3.26. The third kappa shape index (κ3) is 1.52. The first kappa shape index (κ1) is 11.0.